The lowest BCUT2D eigenvalue weighted by Crippen LogP contribution is -2.06. The highest BCUT2D eigenvalue weighted by molar-refractivity contribution is 5.72. The fourth-order valence-electron chi connectivity index (χ4n) is 2.27. The standard InChI is InChI=1S/C18H18O4/c1-2-4-13(5-3-1)17-8-14(19-9-15-10-20-15)6-7-18(17)22-12-16-11-21-16/h1-8,15-16H,9-12H2. The molecule has 2 heterocycles. The summed E-state index contributed by atoms with van der Waals surface area (Å²) in [6.07, 6.45) is 0.495. The molecule has 0 radical (unpaired) electrons. The van der Waals surface area contributed by atoms with Gasteiger partial charge < -0.3 is 18.9 Å². The van der Waals surface area contributed by atoms with E-state index >= 15 is 0 Å². The van der Waals surface area contributed by atoms with Crippen molar-refractivity contribution in [2.75, 3.05) is 26.4 Å². The maximum atomic E-state index is 5.90. The molecule has 0 aliphatic carbocycles. The molecule has 4 rings (SSSR count). The highest BCUT2D eigenvalue weighted by Crippen LogP contribution is 2.34. The third-order valence-electron chi connectivity index (χ3n) is 3.70. The van der Waals surface area contributed by atoms with Crippen molar-refractivity contribution in [3.8, 4) is 22.6 Å². The third kappa shape index (κ3) is 3.40. The summed E-state index contributed by atoms with van der Waals surface area (Å²) in [5, 5.41) is 0. The normalized spacial score (nSPS) is 22.2. The van der Waals surface area contributed by atoms with Gasteiger partial charge in [-0.25, -0.2) is 0 Å². The molecule has 0 bridgehead atoms. The SMILES string of the molecule is c1ccc(-c2cc(OCC3CO3)ccc2OCC2CO2)cc1. The monoisotopic (exact) mass is 298 g/mol. The van der Waals surface area contributed by atoms with Crippen LogP contribution in [0.3, 0.4) is 0 Å². The van der Waals surface area contributed by atoms with Gasteiger partial charge in [0.2, 0.25) is 0 Å². The quantitative estimate of drug-likeness (QED) is 0.737. The van der Waals surface area contributed by atoms with Gasteiger partial charge in [-0.05, 0) is 23.8 Å². The van der Waals surface area contributed by atoms with E-state index in [9.17, 15) is 0 Å². The van der Waals surface area contributed by atoms with Crippen molar-refractivity contribution in [3.05, 3.63) is 48.5 Å². The zero-order valence-electron chi connectivity index (χ0n) is 12.2. The zero-order valence-corrected chi connectivity index (χ0v) is 12.2. The summed E-state index contributed by atoms with van der Waals surface area (Å²) >= 11 is 0. The summed E-state index contributed by atoms with van der Waals surface area (Å²) in [6.45, 7) is 2.79. The van der Waals surface area contributed by atoms with Crippen molar-refractivity contribution < 1.29 is 18.9 Å². The maximum Gasteiger partial charge on any atom is 0.127 e. The van der Waals surface area contributed by atoms with Crippen molar-refractivity contribution >= 4 is 0 Å². The number of hydrogen-bond acceptors (Lipinski definition) is 4. The Morgan fingerprint density at radius 2 is 1.55 bits per heavy atom. The predicted octanol–water partition coefficient (Wildman–Crippen LogP) is 2.91. The van der Waals surface area contributed by atoms with E-state index in [0.717, 1.165) is 35.8 Å². The van der Waals surface area contributed by atoms with Gasteiger partial charge in [-0.3, -0.25) is 0 Å². The minimum atomic E-state index is 0.242. The van der Waals surface area contributed by atoms with Gasteiger partial charge >= 0.3 is 0 Å². The Kier molecular flexibility index (Phi) is 3.70. The van der Waals surface area contributed by atoms with Gasteiger partial charge in [0, 0.05) is 5.56 Å². The van der Waals surface area contributed by atoms with Crippen molar-refractivity contribution in [3.63, 3.8) is 0 Å². The first kappa shape index (κ1) is 13.6. The molecule has 114 valence electrons. The van der Waals surface area contributed by atoms with E-state index in [-0.39, 0.29) is 12.2 Å². The molecule has 2 fully saturated rings. The first-order chi connectivity index (χ1) is 10.9. The molecule has 2 saturated heterocycles. The second kappa shape index (κ2) is 5.99. The number of hydrogen-bond donors (Lipinski definition) is 0. The minimum Gasteiger partial charge on any atom is -0.491 e. The first-order valence-electron chi connectivity index (χ1n) is 7.57. The second-order valence-electron chi connectivity index (χ2n) is 5.56. The molecule has 2 aliphatic rings. The van der Waals surface area contributed by atoms with Crippen molar-refractivity contribution in [1.29, 1.82) is 0 Å². The highest BCUT2D eigenvalue weighted by atomic mass is 16.6. The predicted molar refractivity (Wildman–Crippen MR) is 82.3 cm³/mol. The van der Waals surface area contributed by atoms with Crippen LogP contribution in [-0.4, -0.2) is 38.6 Å². The molecule has 0 amide bonds. The van der Waals surface area contributed by atoms with E-state index in [1.165, 1.54) is 0 Å². The summed E-state index contributed by atoms with van der Waals surface area (Å²) in [7, 11) is 0. The van der Waals surface area contributed by atoms with Crippen molar-refractivity contribution in [2.45, 2.75) is 12.2 Å². The molecule has 0 spiro atoms. The molecule has 4 nitrogen and oxygen atoms in total. The van der Waals surface area contributed by atoms with Crippen LogP contribution < -0.4 is 9.47 Å². The van der Waals surface area contributed by atoms with E-state index < -0.39 is 0 Å². The van der Waals surface area contributed by atoms with Crippen LogP contribution in [0.1, 0.15) is 0 Å². The van der Waals surface area contributed by atoms with Crippen LogP contribution >= 0.6 is 0 Å². The molecule has 2 aromatic rings. The highest BCUT2D eigenvalue weighted by Gasteiger charge is 2.24. The lowest BCUT2D eigenvalue weighted by Gasteiger charge is -2.13. The number of benzene rings is 2. The van der Waals surface area contributed by atoms with Gasteiger partial charge in [0.25, 0.3) is 0 Å². The van der Waals surface area contributed by atoms with E-state index in [0.29, 0.717) is 13.2 Å². The molecular weight excluding hydrogens is 280 g/mol. The molecule has 0 aromatic heterocycles. The van der Waals surface area contributed by atoms with Crippen LogP contribution in [-0.2, 0) is 9.47 Å². The maximum absolute atomic E-state index is 5.90. The lowest BCUT2D eigenvalue weighted by atomic mass is 10.0. The van der Waals surface area contributed by atoms with Crippen LogP contribution in [0.15, 0.2) is 48.5 Å². The minimum absolute atomic E-state index is 0.242. The molecule has 0 saturated carbocycles. The van der Waals surface area contributed by atoms with Crippen molar-refractivity contribution in [1.82, 2.24) is 0 Å². The fourth-order valence-corrected chi connectivity index (χ4v) is 2.27. The summed E-state index contributed by atoms with van der Waals surface area (Å²) < 4.78 is 22.1. The summed E-state index contributed by atoms with van der Waals surface area (Å²) in [5.74, 6) is 1.70. The Morgan fingerprint density at radius 3 is 2.23 bits per heavy atom. The van der Waals surface area contributed by atoms with Gasteiger partial charge in [-0.1, -0.05) is 30.3 Å². The van der Waals surface area contributed by atoms with Crippen molar-refractivity contribution in [2.24, 2.45) is 0 Å². The Balaban J connectivity index is 1.57. The average molecular weight is 298 g/mol. The van der Waals surface area contributed by atoms with Crippen LogP contribution in [0.5, 0.6) is 11.5 Å². The summed E-state index contributed by atoms with van der Waals surface area (Å²) in [4.78, 5) is 0. The van der Waals surface area contributed by atoms with Gasteiger partial charge in [-0.2, -0.15) is 0 Å². The van der Waals surface area contributed by atoms with Gasteiger partial charge in [0.05, 0.1) is 13.2 Å². The van der Waals surface area contributed by atoms with Gasteiger partial charge in [0.1, 0.15) is 36.9 Å². The van der Waals surface area contributed by atoms with Crippen LogP contribution in [0.25, 0.3) is 11.1 Å². The zero-order chi connectivity index (χ0) is 14.8. The lowest BCUT2D eigenvalue weighted by molar-refractivity contribution is 0.258. The van der Waals surface area contributed by atoms with E-state index in [2.05, 4.69) is 12.1 Å². The van der Waals surface area contributed by atoms with E-state index in [1.807, 2.05) is 36.4 Å². The Bertz CT molecular complexity index is 633. The topological polar surface area (TPSA) is 43.5 Å². The first-order valence-corrected chi connectivity index (χ1v) is 7.57. The second-order valence-corrected chi connectivity index (χ2v) is 5.56. The number of epoxide rings is 2. The molecule has 2 unspecified atom stereocenters. The van der Waals surface area contributed by atoms with Crippen LogP contribution in [0, 0.1) is 0 Å². The molecule has 22 heavy (non-hydrogen) atoms. The molecule has 0 N–H and O–H groups in total. The van der Waals surface area contributed by atoms with Crippen LogP contribution in [0.4, 0.5) is 0 Å². The molecule has 4 heteroatoms. The van der Waals surface area contributed by atoms with Gasteiger partial charge in [-0.15, -0.1) is 0 Å². The Hall–Kier alpha value is -2.04. The Morgan fingerprint density at radius 1 is 0.864 bits per heavy atom. The summed E-state index contributed by atoms with van der Waals surface area (Å²) in [5.41, 5.74) is 2.15. The smallest absolute Gasteiger partial charge is 0.127 e. The molecule has 2 atom stereocenters. The summed E-state index contributed by atoms with van der Waals surface area (Å²) in [6, 6.07) is 16.1. The molecular formula is C18H18O4. The largest absolute Gasteiger partial charge is 0.491 e. The number of rotatable bonds is 7. The average Bonchev–Trinajstić information content (AvgIpc) is 3.47. The van der Waals surface area contributed by atoms with Gasteiger partial charge in [0.15, 0.2) is 0 Å². The fraction of sp³-hybridized carbons (Fsp3) is 0.333. The van der Waals surface area contributed by atoms with E-state index in [4.69, 9.17) is 18.9 Å². The third-order valence-corrected chi connectivity index (χ3v) is 3.70. The van der Waals surface area contributed by atoms with E-state index in [1.54, 1.807) is 0 Å². The Labute approximate surface area is 129 Å². The van der Waals surface area contributed by atoms with Crippen LogP contribution in [0.2, 0.25) is 0 Å². The number of ether oxygens (including phenoxy) is 4. The molecule has 2 aromatic carbocycles. The molecule has 2 aliphatic heterocycles.